The third-order valence-electron chi connectivity index (χ3n) is 3.38. The molecule has 0 spiro atoms. The minimum absolute atomic E-state index is 0.211. The summed E-state index contributed by atoms with van der Waals surface area (Å²) < 4.78 is 5.72. The van der Waals surface area contributed by atoms with Crippen molar-refractivity contribution in [3.05, 3.63) is 46.7 Å². The van der Waals surface area contributed by atoms with Crippen molar-refractivity contribution >= 4 is 0 Å². The second-order valence-electron chi connectivity index (χ2n) is 4.52. The standard InChI is InChI=1S/C15H21NO/c1-4-16-15(14-9-6-10-17-14)13-8-5-7-11(2)12(13)3/h5,7-9,15-16H,4,6,10H2,1-3H3. The van der Waals surface area contributed by atoms with E-state index in [4.69, 9.17) is 4.74 Å². The van der Waals surface area contributed by atoms with E-state index in [-0.39, 0.29) is 6.04 Å². The largest absolute Gasteiger partial charge is 0.496 e. The molecule has 2 heteroatoms. The molecule has 0 bridgehead atoms. The van der Waals surface area contributed by atoms with Crippen molar-refractivity contribution in [2.24, 2.45) is 0 Å². The van der Waals surface area contributed by atoms with Crippen LogP contribution in [-0.4, -0.2) is 13.2 Å². The van der Waals surface area contributed by atoms with E-state index in [0.717, 1.165) is 25.3 Å². The summed E-state index contributed by atoms with van der Waals surface area (Å²) in [6.07, 6.45) is 3.23. The molecular formula is C15H21NO. The molecule has 1 heterocycles. The fraction of sp³-hybridized carbons (Fsp3) is 0.467. The van der Waals surface area contributed by atoms with Gasteiger partial charge in [0.15, 0.2) is 0 Å². The Labute approximate surface area is 104 Å². The van der Waals surface area contributed by atoms with E-state index >= 15 is 0 Å². The van der Waals surface area contributed by atoms with Crippen LogP contribution < -0.4 is 5.32 Å². The second-order valence-corrected chi connectivity index (χ2v) is 4.52. The van der Waals surface area contributed by atoms with Crippen LogP contribution in [0, 0.1) is 13.8 Å². The van der Waals surface area contributed by atoms with Crippen molar-refractivity contribution in [1.82, 2.24) is 5.32 Å². The van der Waals surface area contributed by atoms with Crippen molar-refractivity contribution in [2.45, 2.75) is 33.2 Å². The molecule has 1 atom stereocenters. The molecule has 2 rings (SSSR count). The molecule has 1 aromatic rings. The zero-order chi connectivity index (χ0) is 12.3. The van der Waals surface area contributed by atoms with Gasteiger partial charge in [0.25, 0.3) is 0 Å². The van der Waals surface area contributed by atoms with Crippen molar-refractivity contribution in [1.29, 1.82) is 0 Å². The fourth-order valence-corrected chi connectivity index (χ4v) is 2.29. The van der Waals surface area contributed by atoms with Gasteiger partial charge in [-0.15, -0.1) is 0 Å². The maximum absolute atomic E-state index is 5.72. The van der Waals surface area contributed by atoms with E-state index in [2.05, 4.69) is 50.4 Å². The zero-order valence-corrected chi connectivity index (χ0v) is 10.9. The topological polar surface area (TPSA) is 21.3 Å². The molecule has 0 aliphatic carbocycles. The minimum atomic E-state index is 0.211. The normalized spacial score (nSPS) is 16.5. The molecule has 0 saturated heterocycles. The Hall–Kier alpha value is -1.28. The lowest BCUT2D eigenvalue weighted by Crippen LogP contribution is -2.24. The molecule has 92 valence electrons. The third kappa shape index (κ3) is 2.52. The Morgan fingerprint density at radius 3 is 2.82 bits per heavy atom. The molecule has 0 amide bonds. The van der Waals surface area contributed by atoms with E-state index < -0.39 is 0 Å². The van der Waals surface area contributed by atoms with Gasteiger partial charge in [0, 0.05) is 6.42 Å². The van der Waals surface area contributed by atoms with Gasteiger partial charge in [-0.3, -0.25) is 0 Å². The number of hydrogen-bond acceptors (Lipinski definition) is 2. The SMILES string of the molecule is CCNC(C1=CCCO1)c1cccc(C)c1C. The highest BCUT2D eigenvalue weighted by atomic mass is 16.5. The van der Waals surface area contributed by atoms with Crippen LogP contribution in [-0.2, 0) is 4.74 Å². The predicted octanol–water partition coefficient (Wildman–Crippen LogP) is 3.26. The number of aryl methyl sites for hydroxylation is 1. The quantitative estimate of drug-likeness (QED) is 0.858. The van der Waals surface area contributed by atoms with Gasteiger partial charge in [-0.25, -0.2) is 0 Å². The lowest BCUT2D eigenvalue weighted by atomic mass is 9.96. The number of hydrogen-bond donors (Lipinski definition) is 1. The van der Waals surface area contributed by atoms with Gasteiger partial charge >= 0.3 is 0 Å². The van der Waals surface area contributed by atoms with Crippen LogP contribution in [0.15, 0.2) is 30.0 Å². The Morgan fingerprint density at radius 1 is 1.35 bits per heavy atom. The minimum Gasteiger partial charge on any atom is -0.496 e. The zero-order valence-electron chi connectivity index (χ0n) is 10.9. The Bertz CT molecular complexity index is 423. The molecule has 0 fully saturated rings. The van der Waals surface area contributed by atoms with E-state index in [1.165, 1.54) is 16.7 Å². The number of benzene rings is 1. The highest BCUT2D eigenvalue weighted by molar-refractivity contribution is 5.38. The van der Waals surface area contributed by atoms with Gasteiger partial charge in [0.1, 0.15) is 5.76 Å². The number of nitrogens with one attached hydrogen (secondary N) is 1. The molecule has 1 aliphatic heterocycles. The summed E-state index contributed by atoms with van der Waals surface area (Å²) in [5.74, 6) is 1.08. The second kappa shape index (κ2) is 5.37. The van der Waals surface area contributed by atoms with Crippen molar-refractivity contribution in [2.75, 3.05) is 13.2 Å². The number of ether oxygens (including phenoxy) is 1. The fourth-order valence-electron chi connectivity index (χ4n) is 2.29. The van der Waals surface area contributed by atoms with Crippen LogP contribution in [0.1, 0.15) is 36.1 Å². The van der Waals surface area contributed by atoms with Gasteiger partial charge in [-0.05, 0) is 43.2 Å². The van der Waals surface area contributed by atoms with E-state index in [1.54, 1.807) is 0 Å². The first-order chi connectivity index (χ1) is 8.24. The number of rotatable bonds is 4. The lowest BCUT2D eigenvalue weighted by Gasteiger charge is -2.22. The Morgan fingerprint density at radius 2 is 2.18 bits per heavy atom. The van der Waals surface area contributed by atoms with Gasteiger partial charge < -0.3 is 10.1 Å². The van der Waals surface area contributed by atoms with Crippen molar-refractivity contribution < 1.29 is 4.74 Å². The maximum atomic E-state index is 5.72. The van der Waals surface area contributed by atoms with Crippen molar-refractivity contribution in [3.8, 4) is 0 Å². The van der Waals surface area contributed by atoms with Crippen LogP contribution in [0.2, 0.25) is 0 Å². The smallest absolute Gasteiger partial charge is 0.114 e. The highest BCUT2D eigenvalue weighted by Gasteiger charge is 2.21. The highest BCUT2D eigenvalue weighted by Crippen LogP contribution is 2.29. The first-order valence-electron chi connectivity index (χ1n) is 6.36. The molecule has 0 aromatic heterocycles. The van der Waals surface area contributed by atoms with Crippen LogP contribution in [0.4, 0.5) is 0 Å². The first-order valence-corrected chi connectivity index (χ1v) is 6.36. The summed E-state index contributed by atoms with van der Waals surface area (Å²) in [4.78, 5) is 0. The Kier molecular flexibility index (Phi) is 3.85. The Balaban J connectivity index is 2.35. The average Bonchev–Trinajstić information content (AvgIpc) is 2.84. The summed E-state index contributed by atoms with van der Waals surface area (Å²) in [5, 5.41) is 3.52. The summed E-state index contributed by atoms with van der Waals surface area (Å²) >= 11 is 0. The van der Waals surface area contributed by atoms with Gasteiger partial charge in [0.2, 0.25) is 0 Å². The molecule has 1 aromatic carbocycles. The predicted molar refractivity (Wildman–Crippen MR) is 71.0 cm³/mol. The molecule has 2 nitrogen and oxygen atoms in total. The summed E-state index contributed by atoms with van der Waals surface area (Å²) in [6, 6.07) is 6.68. The van der Waals surface area contributed by atoms with Gasteiger partial charge in [-0.2, -0.15) is 0 Å². The molecule has 17 heavy (non-hydrogen) atoms. The van der Waals surface area contributed by atoms with Crippen LogP contribution >= 0.6 is 0 Å². The van der Waals surface area contributed by atoms with E-state index in [0.29, 0.717) is 0 Å². The van der Waals surface area contributed by atoms with E-state index in [1.807, 2.05) is 0 Å². The van der Waals surface area contributed by atoms with Gasteiger partial charge in [0.05, 0.1) is 12.6 Å². The molecule has 1 N–H and O–H groups in total. The average molecular weight is 231 g/mol. The monoisotopic (exact) mass is 231 g/mol. The molecular weight excluding hydrogens is 210 g/mol. The van der Waals surface area contributed by atoms with Gasteiger partial charge in [-0.1, -0.05) is 25.1 Å². The molecule has 1 aliphatic rings. The van der Waals surface area contributed by atoms with E-state index in [9.17, 15) is 0 Å². The third-order valence-corrected chi connectivity index (χ3v) is 3.38. The summed E-state index contributed by atoms with van der Waals surface area (Å²) in [7, 11) is 0. The van der Waals surface area contributed by atoms with Crippen molar-refractivity contribution in [3.63, 3.8) is 0 Å². The summed E-state index contributed by atoms with van der Waals surface area (Å²) in [5.41, 5.74) is 4.03. The molecule has 1 unspecified atom stereocenters. The molecule has 0 saturated carbocycles. The lowest BCUT2D eigenvalue weighted by molar-refractivity contribution is 0.216. The van der Waals surface area contributed by atoms with Crippen LogP contribution in [0.5, 0.6) is 0 Å². The molecule has 0 radical (unpaired) electrons. The first kappa shape index (κ1) is 12.2. The summed E-state index contributed by atoms with van der Waals surface area (Å²) in [6.45, 7) is 8.24. The van der Waals surface area contributed by atoms with Crippen LogP contribution in [0.3, 0.4) is 0 Å². The number of likely N-dealkylation sites (N-methyl/N-ethyl adjacent to an activating group) is 1. The maximum Gasteiger partial charge on any atom is 0.114 e. The van der Waals surface area contributed by atoms with Crippen LogP contribution in [0.25, 0.3) is 0 Å².